The van der Waals surface area contributed by atoms with Crippen molar-refractivity contribution in [1.29, 1.82) is 0 Å². The zero-order valence-corrected chi connectivity index (χ0v) is 22.9. The quantitative estimate of drug-likeness (QED) is 0.212. The van der Waals surface area contributed by atoms with Crippen LogP contribution in [0.15, 0.2) is 72.1 Å². The average Bonchev–Trinajstić information content (AvgIpc) is 3.52. The Hall–Kier alpha value is -3.88. The van der Waals surface area contributed by atoms with Crippen molar-refractivity contribution in [3.05, 3.63) is 77.9 Å². The molecular formula is C32H31FN4O2S. The molecule has 0 spiro atoms. The normalized spacial score (nSPS) is 16.2. The fraction of sp³-hybridized carbons (Fsp3) is 0.281. The first-order valence-electron chi connectivity index (χ1n) is 13.9. The van der Waals surface area contributed by atoms with Gasteiger partial charge in [-0.25, -0.2) is 9.37 Å². The number of aromatic nitrogens is 2. The number of nitrogens with one attached hydrogen (secondary N) is 1. The van der Waals surface area contributed by atoms with E-state index in [0.717, 1.165) is 94.6 Å². The molecule has 1 saturated carbocycles. The van der Waals surface area contributed by atoms with Crippen LogP contribution < -0.4 is 15.8 Å². The van der Waals surface area contributed by atoms with Gasteiger partial charge in [-0.15, -0.1) is 11.3 Å². The third-order valence-corrected chi connectivity index (χ3v) is 8.74. The maximum Gasteiger partial charge on any atom is 0.187 e. The molecule has 2 aliphatic rings. The summed E-state index contributed by atoms with van der Waals surface area (Å²) < 4.78 is 27.6. The Morgan fingerprint density at radius 2 is 1.70 bits per heavy atom. The third-order valence-electron chi connectivity index (χ3n) is 7.98. The minimum absolute atomic E-state index is 0.194. The Bertz CT molecular complexity index is 1630. The van der Waals surface area contributed by atoms with Crippen LogP contribution in [0.2, 0.25) is 0 Å². The largest absolute Gasteiger partial charge is 0.490 e. The molecule has 0 amide bonds. The highest BCUT2D eigenvalue weighted by Crippen LogP contribution is 2.45. The van der Waals surface area contributed by atoms with Crippen LogP contribution in [0, 0.1) is 5.82 Å². The topological polar surface area (TPSA) is 74.3 Å². The molecule has 3 aromatic carbocycles. The molecule has 2 fully saturated rings. The lowest BCUT2D eigenvalue weighted by molar-refractivity contribution is 0.0256. The molecule has 1 aliphatic heterocycles. The number of thiazole rings is 1. The zero-order chi connectivity index (χ0) is 27.1. The monoisotopic (exact) mass is 554 g/mol. The lowest BCUT2D eigenvalue weighted by atomic mass is 9.92. The van der Waals surface area contributed by atoms with Gasteiger partial charge in [0.15, 0.2) is 5.13 Å². The van der Waals surface area contributed by atoms with E-state index in [4.69, 9.17) is 15.2 Å². The molecule has 3 N–H and O–H groups in total. The smallest absolute Gasteiger partial charge is 0.187 e. The maximum absolute atomic E-state index is 13.3. The second kappa shape index (κ2) is 10.6. The maximum atomic E-state index is 13.3. The zero-order valence-electron chi connectivity index (χ0n) is 22.1. The van der Waals surface area contributed by atoms with Gasteiger partial charge in [0.05, 0.1) is 35.8 Å². The molecule has 204 valence electrons. The number of nitrogens with zero attached hydrogens (tertiary/aromatic N) is 2. The molecule has 5 aromatic rings. The average molecular weight is 555 g/mol. The Kier molecular flexibility index (Phi) is 6.65. The summed E-state index contributed by atoms with van der Waals surface area (Å²) in [6.45, 7) is 1.51. The third kappa shape index (κ3) is 4.82. The van der Waals surface area contributed by atoms with Gasteiger partial charge < -0.3 is 25.1 Å². The standard InChI is InChI=1S/C32H31FN4O2S/c33-22-8-4-20(5-9-22)28-19-40-32(36-28)35-23-10-6-21(7-11-23)31-30(34)27-13-12-26(39-25-14-16-38-17-15-25)18-29(27)37(31)24-2-1-3-24/h4-13,18-19,24-25H,1-3,14-17,34H2,(H,35,36). The summed E-state index contributed by atoms with van der Waals surface area (Å²) in [6.07, 6.45) is 5.58. The van der Waals surface area contributed by atoms with Gasteiger partial charge >= 0.3 is 0 Å². The SMILES string of the molecule is Nc1c(-c2ccc(Nc3nc(-c4ccc(F)cc4)cs3)cc2)n(C2CCC2)c2cc(OC3CCOCC3)ccc12. The molecule has 0 unspecified atom stereocenters. The highest BCUT2D eigenvalue weighted by molar-refractivity contribution is 7.14. The molecule has 1 aliphatic carbocycles. The van der Waals surface area contributed by atoms with Crippen molar-refractivity contribution in [1.82, 2.24) is 9.55 Å². The number of rotatable bonds is 7. The van der Waals surface area contributed by atoms with Gasteiger partial charge in [0.2, 0.25) is 0 Å². The van der Waals surface area contributed by atoms with Gasteiger partial charge in [0.25, 0.3) is 0 Å². The van der Waals surface area contributed by atoms with Crippen LogP contribution in [0.4, 0.5) is 20.9 Å². The lowest BCUT2D eigenvalue weighted by Crippen LogP contribution is -2.25. The van der Waals surface area contributed by atoms with Crippen LogP contribution in [0.1, 0.15) is 38.1 Å². The van der Waals surface area contributed by atoms with Gasteiger partial charge in [-0.3, -0.25) is 0 Å². The highest BCUT2D eigenvalue weighted by atomic mass is 32.1. The Labute approximate surface area is 236 Å². The molecule has 7 rings (SSSR count). The Morgan fingerprint density at radius 3 is 2.42 bits per heavy atom. The number of nitrogens with two attached hydrogens (primary N) is 1. The van der Waals surface area contributed by atoms with E-state index in [1.165, 1.54) is 29.9 Å². The molecule has 3 heterocycles. The predicted octanol–water partition coefficient (Wildman–Crippen LogP) is 8.18. The van der Waals surface area contributed by atoms with Gasteiger partial charge in [-0.2, -0.15) is 0 Å². The van der Waals surface area contributed by atoms with E-state index in [1.807, 2.05) is 11.4 Å². The Morgan fingerprint density at radius 1 is 0.950 bits per heavy atom. The summed E-state index contributed by atoms with van der Waals surface area (Å²) in [7, 11) is 0. The fourth-order valence-corrected chi connectivity index (χ4v) is 6.35. The van der Waals surface area contributed by atoms with E-state index in [1.54, 1.807) is 12.1 Å². The van der Waals surface area contributed by atoms with Crippen molar-refractivity contribution in [2.24, 2.45) is 0 Å². The van der Waals surface area contributed by atoms with Gasteiger partial charge in [0.1, 0.15) is 17.7 Å². The molecule has 8 heteroatoms. The summed E-state index contributed by atoms with van der Waals surface area (Å²) in [4.78, 5) is 4.68. The summed E-state index contributed by atoms with van der Waals surface area (Å²) in [5, 5.41) is 7.23. The molecule has 40 heavy (non-hydrogen) atoms. The molecule has 1 saturated heterocycles. The molecule has 0 bridgehead atoms. The molecule has 2 aromatic heterocycles. The molecular weight excluding hydrogens is 523 g/mol. The van der Waals surface area contributed by atoms with Crippen LogP contribution in [0.25, 0.3) is 33.4 Å². The minimum atomic E-state index is -0.252. The lowest BCUT2D eigenvalue weighted by Gasteiger charge is -2.30. The number of halogens is 1. The molecule has 6 nitrogen and oxygen atoms in total. The first-order valence-corrected chi connectivity index (χ1v) is 14.8. The van der Waals surface area contributed by atoms with Gasteiger partial charge in [-0.05, 0) is 67.8 Å². The van der Waals surface area contributed by atoms with Gasteiger partial charge in [0, 0.05) is 52.5 Å². The van der Waals surface area contributed by atoms with E-state index in [2.05, 4.69) is 51.3 Å². The molecule has 0 atom stereocenters. The number of fused-ring (bicyclic) bond motifs is 1. The van der Waals surface area contributed by atoms with Crippen molar-refractivity contribution >= 4 is 38.7 Å². The van der Waals surface area contributed by atoms with Crippen LogP contribution >= 0.6 is 11.3 Å². The number of hydrogen-bond acceptors (Lipinski definition) is 6. The number of anilines is 3. The van der Waals surface area contributed by atoms with Crippen LogP contribution in [0.5, 0.6) is 5.75 Å². The number of hydrogen-bond donors (Lipinski definition) is 2. The first kappa shape index (κ1) is 25.1. The second-order valence-electron chi connectivity index (χ2n) is 10.6. The highest BCUT2D eigenvalue weighted by Gasteiger charge is 2.27. The van der Waals surface area contributed by atoms with Crippen molar-refractivity contribution in [3.63, 3.8) is 0 Å². The minimum Gasteiger partial charge on any atom is -0.490 e. The number of ether oxygens (including phenoxy) is 2. The summed E-state index contributed by atoms with van der Waals surface area (Å²) in [6, 6.07) is 21.5. The van der Waals surface area contributed by atoms with Crippen molar-refractivity contribution < 1.29 is 13.9 Å². The molecule has 0 radical (unpaired) electrons. The van der Waals surface area contributed by atoms with E-state index in [-0.39, 0.29) is 11.9 Å². The fourth-order valence-electron chi connectivity index (χ4n) is 5.61. The summed E-state index contributed by atoms with van der Waals surface area (Å²) in [5.41, 5.74) is 13.6. The summed E-state index contributed by atoms with van der Waals surface area (Å²) >= 11 is 1.52. The van der Waals surface area contributed by atoms with Crippen LogP contribution in [-0.2, 0) is 4.74 Å². The van der Waals surface area contributed by atoms with E-state index < -0.39 is 0 Å². The summed E-state index contributed by atoms with van der Waals surface area (Å²) in [5.74, 6) is 0.644. The van der Waals surface area contributed by atoms with E-state index in [9.17, 15) is 4.39 Å². The van der Waals surface area contributed by atoms with Gasteiger partial charge in [-0.1, -0.05) is 12.1 Å². The van der Waals surface area contributed by atoms with Crippen LogP contribution in [0.3, 0.4) is 0 Å². The van der Waals surface area contributed by atoms with E-state index >= 15 is 0 Å². The first-order chi connectivity index (χ1) is 19.6. The van der Waals surface area contributed by atoms with Crippen molar-refractivity contribution in [2.45, 2.75) is 44.2 Å². The van der Waals surface area contributed by atoms with Crippen LogP contribution in [-0.4, -0.2) is 28.9 Å². The van der Waals surface area contributed by atoms with Crippen molar-refractivity contribution in [2.75, 3.05) is 24.3 Å². The number of benzene rings is 3. The number of nitrogen functional groups attached to an aromatic ring is 1. The predicted molar refractivity (Wildman–Crippen MR) is 160 cm³/mol. The Balaban J connectivity index is 1.16. The van der Waals surface area contributed by atoms with Crippen molar-refractivity contribution in [3.8, 4) is 28.3 Å². The van der Waals surface area contributed by atoms with E-state index in [0.29, 0.717) is 6.04 Å². The second-order valence-corrected chi connectivity index (χ2v) is 11.4.